The van der Waals surface area contributed by atoms with Gasteiger partial charge in [-0.25, -0.2) is 0 Å². The van der Waals surface area contributed by atoms with E-state index in [1.807, 2.05) is 29.2 Å². The molecule has 1 rings (SSSR count). The van der Waals surface area contributed by atoms with Crippen LogP contribution in [0.3, 0.4) is 0 Å². The molecule has 1 nitrogen and oxygen atoms in total. The highest BCUT2D eigenvalue weighted by Gasteiger charge is 1.89. The largest absolute Gasteiger partial charge is 0.261 e. The van der Waals surface area contributed by atoms with Crippen molar-refractivity contribution in [2.75, 3.05) is 0 Å². The Kier molecular flexibility index (Phi) is 3.33. The summed E-state index contributed by atoms with van der Waals surface area (Å²) in [5.41, 5.74) is 5.17. The van der Waals surface area contributed by atoms with E-state index >= 15 is 0 Å². The highest BCUT2D eigenvalue weighted by atomic mass is 127. The molecule has 2 heteroatoms. The lowest BCUT2D eigenvalue weighted by Crippen LogP contribution is -1.82. The molecule has 0 aliphatic carbocycles. The molecule has 0 atom stereocenters. The zero-order chi connectivity index (χ0) is 8.10. The van der Waals surface area contributed by atoms with Gasteiger partial charge in [0.05, 0.1) is 0 Å². The first-order chi connectivity index (χ1) is 5.34. The van der Waals surface area contributed by atoms with Crippen LogP contribution in [0.4, 0.5) is 0 Å². The lowest BCUT2D eigenvalue weighted by molar-refractivity contribution is 1.19. The van der Waals surface area contributed by atoms with Crippen LogP contribution < -0.4 is 0 Å². The third-order valence-electron chi connectivity index (χ3n) is 1.35. The van der Waals surface area contributed by atoms with E-state index in [1.165, 1.54) is 0 Å². The van der Waals surface area contributed by atoms with Crippen LogP contribution in [-0.2, 0) is 0 Å². The molecule has 11 heavy (non-hydrogen) atoms. The smallest absolute Gasteiger partial charge is 0.0451 e. The molecule has 0 N–H and O–H groups in total. The summed E-state index contributed by atoms with van der Waals surface area (Å²) in [7, 11) is 0. The second-order valence-corrected chi connectivity index (χ2v) is 2.72. The van der Waals surface area contributed by atoms with Gasteiger partial charge in [-0.3, -0.25) is 4.98 Å². The van der Waals surface area contributed by atoms with Crippen molar-refractivity contribution in [3.05, 3.63) is 39.4 Å². The zero-order valence-electron chi connectivity index (χ0n) is 6.21. The van der Waals surface area contributed by atoms with Crippen LogP contribution in [0.2, 0.25) is 0 Å². The minimum atomic E-state index is 1.04. The van der Waals surface area contributed by atoms with Crippen molar-refractivity contribution < 1.29 is 0 Å². The van der Waals surface area contributed by atoms with E-state index in [0.29, 0.717) is 0 Å². The summed E-state index contributed by atoms with van der Waals surface area (Å²) in [5.74, 6) is 0. The first-order valence-corrected chi connectivity index (χ1v) is 4.52. The molecule has 1 aromatic rings. The molecule has 56 valence electrons. The molecule has 1 aromatic heterocycles. The average molecular weight is 257 g/mol. The van der Waals surface area contributed by atoms with Crippen LogP contribution in [0.25, 0.3) is 6.08 Å². The second-order valence-electron chi connectivity index (χ2n) is 2.10. The molecule has 0 saturated carbocycles. The molecule has 0 radical (unpaired) electrons. The maximum atomic E-state index is 4.14. The molecule has 0 unspecified atom stereocenters. The molecule has 0 spiro atoms. The fourth-order valence-corrected chi connectivity index (χ4v) is 0.950. The highest BCUT2D eigenvalue weighted by molar-refractivity contribution is 14.1. The Bertz CT molecular complexity index is 298. The quantitative estimate of drug-likeness (QED) is 0.556. The molecular weight excluding hydrogens is 249 g/mol. The van der Waals surface area contributed by atoms with E-state index in [2.05, 4.69) is 33.3 Å². The van der Waals surface area contributed by atoms with Crippen LogP contribution in [0, 0.1) is 6.92 Å². The van der Waals surface area contributed by atoms with E-state index in [1.54, 1.807) is 6.20 Å². The Balaban J connectivity index is 3.04. The molecule has 1 heterocycles. The summed E-state index contributed by atoms with van der Waals surface area (Å²) in [5, 5.41) is 0. The minimum absolute atomic E-state index is 1.04. The topological polar surface area (TPSA) is 12.9 Å². The number of hydrogen-bond donors (Lipinski definition) is 0. The van der Waals surface area contributed by atoms with Gasteiger partial charge in [0.2, 0.25) is 0 Å². The molecule has 0 aliphatic rings. The van der Waals surface area contributed by atoms with E-state index < -0.39 is 0 Å². The number of pyridine rings is 1. The first-order valence-electron chi connectivity index (χ1n) is 3.27. The number of nitrogens with zero attached hydrogens (tertiary/aromatic N) is 1. The summed E-state index contributed by atoms with van der Waals surface area (Å²) in [6.45, 7) is 1.99. The minimum Gasteiger partial charge on any atom is -0.261 e. The fourth-order valence-electron chi connectivity index (χ4n) is 0.771. The predicted molar refractivity (Wildman–Crippen MR) is 55.5 cm³/mol. The SMILES string of the molecule is Cc1ncccc1C=C=CI. The van der Waals surface area contributed by atoms with Gasteiger partial charge in [-0.2, -0.15) is 0 Å². The van der Waals surface area contributed by atoms with Crippen molar-refractivity contribution in [3.63, 3.8) is 0 Å². The summed E-state index contributed by atoms with van der Waals surface area (Å²) in [6.07, 6.45) is 3.72. The maximum absolute atomic E-state index is 4.14. The Morgan fingerprint density at radius 1 is 1.64 bits per heavy atom. The summed E-state index contributed by atoms with van der Waals surface area (Å²) in [6, 6.07) is 3.95. The lowest BCUT2D eigenvalue weighted by Gasteiger charge is -1.94. The standard InChI is InChI=1S/C9H8IN/c1-8-9(4-2-6-10)5-3-7-11-8/h3-7H,1H3. The van der Waals surface area contributed by atoms with E-state index in [-0.39, 0.29) is 0 Å². The van der Waals surface area contributed by atoms with Crippen molar-refractivity contribution in [2.24, 2.45) is 0 Å². The van der Waals surface area contributed by atoms with Crippen LogP contribution >= 0.6 is 22.6 Å². The molecule has 0 aromatic carbocycles. The van der Waals surface area contributed by atoms with Gasteiger partial charge in [0, 0.05) is 21.5 Å². The molecule has 0 amide bonds. The Morgan fingerprint density at radius 2 is 2.45 bits per heavy atom. The summed E-state index contributed by atoms with van der Waals surface area (Å²) < 4.78 is 1.85. The average Bonchev–Trinajstić information content (AvgIpc) is 2.03. The monoisotopic (exact) mass is 257 g/mol. The predicted octanol–water partition coefficient (Wildman–Crippen LogP) is 2.95. The third-order valence-corrected chi connectivity index (χ3v) is 1.71. The maximum Gasteiger partial charge on any atom is 0.0451 e. The van der Waals surface area contributed by atoms with E-state index in [0.717, 1.165) is 11.3 Å². The number of aromatic nitrogens is 1. The van der Waals surface area contributed by atoms with Gasteiger partial charge >= 0.3 is 0 Å². The third kappa shape index (κ3) is 2.48. The molecule has 0 saturated heterocycles. The number of rotatable bonds is 1. The fraction of sp³-hybridized carbons (Fsp3) is 0.111. The van der Waals surface area contributed by atoms with Gasteiger partial charge in [0.15, 0.2) is 0 Å². The molecule has 0 bridgehead atoms. The van der Waals surface area contributed by atoms with Crippen molar-refractivity contribution >= 4 is 28.7 Å². The number of hydrogen-bond acceptors (Lipinski definition) is 1. The molecular formula is C9H8IN. The van der Waals surface area contributed by atoms with Crippen molar-refractivity contribution in [1.82, 2.24) is 4.98 Å². The van der Waals surface area contributed by atoms with Crippen molar-refractivity contribution in [2.45, 2.75) is 6.92 Å². The Morgan fingerprint density at radius 3 is 3.09 bits per heavy atom. The molecule has 0 aliphatic heterocycles. The van der Waals surface area contributed by atoms with Gasteiger partial charge < -0.3 is 0 Å². The highest BCUT2D eigenvalue weighted by Crippen LogP contribution is 2.04. The second kappa shape index (κ2) is 4.31. The zero-order valence-corrected chi connectivity index (χ0v) is 8.37. The summed E-state index contributed by atoms with van der Waals surface area (Å²) >= 11 is 2.14. The van der Waals surface area contributed by atoms with Crippen LogP contribution in [-0.4, -0.2) is 4.98 Å². The van der Waals surface area contributed by atoms with E-state index in [9.17, 15) is 0 Å². The Labute approximate surface area is 80.0 Å². The Hall–Kier alpha value is -0.600. The number of aryl methyl sites for hydroxylation is 1. The van der Waals surface area contributed by atoms with Crippen LogP contribution in [0.1, 0.15) is 11.3 Å². The van der Waals surface area contributed by atoms with Gasteiger partial charge in [-0.05, 0) is 41.7 Å². The van der Waals surface area contributed by atoms with E-state index in [4.69, 9.17) is 0 Å². The van der Waals surface area contributed by atoms with Crippen LogP contribution in [0.15, 0.2) is 28.1 Å². The van der Waals surface area contributed by atoms with Crippen LogP contribution in [0.5, 0.6) is 0 Å². The van der Waals surface area contributed by atoms with Crippen molar-refractivity contribution in [1.29, 1.82) is 0 Å². The normalized spacial score (nSPS) is 8.55. The molecule has 0 fully saturated rings. The van der Waals surface area contributed by atoms with Crippen molar-refractivity contribution in [3.8, 4) is 0 Å². The van der Waals surface area contributed by atoms with Gasteiger partial charge in [0.1, 0.15) is 0 Å². The van der Waals surface area contributed by atoms with Gasteiger partial charge in [-0.1, -0.05) is 6.07 Å². The summed E-state index contributed by atoms with van der Waals surface area (Å²) in [4.78, 5) is 4.14. The lowest BCUT2D eigenvalue weighted by atomic mass is 10.2. The number of halogens is 1. The van der Waals surface area contributed by atoms with Gasteiger partial charge in [0.25, 0.3) is 0 Å². The van der Waals surface area contributed by atoms with Gasteiger partial charge in [-0.15, -0.1) is 5.73 Å². The first kappa shape index (κ1) is 8.50.